The molecule has 92 valence electrons. The summed E-state index contributed by atoms with van der Waals surface area (Å²) in [4.78, 5) is 0. The summed E-state index contributed by atoms with van der Waals surface area (Å²) >= 11 is 3.43. The topological polar surface area (TPSA) is 41.6 Å². The van der Waals surface area contributed by atoms with E-state index in [1.165, 1.54) is 6.07 Å². The van der Waals surface area contributed by atoms with Gasteiger partial charge in [-0.15, -0.1) is 0 Å². The fourth-order valence-corrected chi connectivity index (χ4v) is 2.06. The molecule has 0 radical (unpaired) electrons. The van der Waals surface area contributed by atoms with Crippen LogP contribution in [-0.4, -0.2) is 9.78 Å². The first-order chi connectivity index (χ1) is 8.54. The van der Waals surface area contributed by atoms with Gasteiger partial charge in [0, 0.05) is 5.56 Å². The maximum Gasteiger partial charge on any atom is 0.146 e. The van der Waals surface area contributed by atoms with E-state index in [0.29, 0.717) is 12.1 Å². The molecule has 0 aliphatic heterocycles. The zero-order valence-electron chi connectivity index (χ0n) is 10.0. The third-order valence-electron chi connectivity index (χ3n) is 2.81. The summed E-state index contributed by atoms with van der Waals surface area (Å²) in [5, 5.41) is 13.1. The number of rotatable bonds is 2. The average Bonchev–Trinajstić information content (AvgIpc) is 2.60. The molecule has 18 heavy (non-hydrogen) atoms. The first kappa shape index (κ1) is 12.8. The highest BCUT2D eigenvalue weighted by Crippen LogP contribution is 2.21. The Hall–Kier alpha value is -1.67. The third kappa shape index (κ3) is 2.16. The molecule has 0 aliphatic carbocycles. The molecule has 0 amide bonds. The lowest BCUT2D eigenvalue weighted by Gasteiger charge is -2.06. The van der Waals surface area contributed by atoms with Gasteiger partial charge in [0.15, 0.2) is 0 Å². The van der Waals surface area contributed by atoms with Crippen molar-refractivity contribution < 1.29 is 4.39 Å². The van der Waals surface area contributed by atoms with E-state index in [2.05, 4.69) is 21.0 Å². The van der Waals surface area contributed by atoms with E-state index >= 15 is 0 Å². The first-order valence-corrected chi connectivity index (χ1v) is 6.21. The van der Waals surface area contributed by atoms with E-state index in [0.717, 1.165) is 15.9 Å². The van der Waals surface area contributed by atoms with Crippen molar-refractivity contribution in [3.05, 3.63) is 51.0 Å². The predicted octanol–water partition coefficient (Wildman–Crippen LogP) is 3.32. The van der Waals surface area contributed by atoms with Crippen LogP contribution in [0.1, 0.15) is 22.5 Å². The highest BCUT2D eigenvalue weighted by molar-refractivity contribution is 9.10. The molecule has 0 atom stereocenters. The van der Waals surface area contributed by atoms with Crippen molar-refractivity contribution in [1.29, 1.82) is 5.26 Å². The minimum Gasteiger partial charge on any atom is -0.264 e. The number of hydrogen-bond donors (Lipinski definition) is 0. The molecule has 2 rings (SSSR count). The van der Waals surface area contributed by atoms with E-state index in [1.807, 2.05) is 19.9 Å². The van der Waals surface area contributed by atoms with E-state index in [1.54, 1.807) is 16.8 Å². The molecule has 0 spiro atoms. The van der Waals surface area contributed by atoms with Crippen molar-refractivity contribution in [1.82, 2.24) is 9.78 Å². The summed E-state index contributed by atoms with van der Waals surface area (Å²) in [6.45, 7) is 4.12. The van der Waals surface area contributed by atoms with E-state index in [4.69, 9.17) is 5.26 Å². The van der Waals surface area contributed by atoms with Gasteiger partial charge in [0.05, 0.1) is 28.0 Å². The molecule has 1 aromatic carbocycles. The molecular weight excluding hydrogens is 297 g/mol. The lowest BCUT2D eigenvalue weighted by molar-refractivity contribution is 0.576. The van der Waals surface area contributed by atoms with E-state index < -0.39 is 5.82 Å². The number of benzene rings is 1. The summed E-state index contributed by atoms with van der Waals surface area (Å²) in [5.41, 5.74) is 2.33. The lowest BCUT2D eigenvalue weighted by Crippen LogP contribution is -2.06. The fourth-order valence-electron chi connectivity index (χ4n) is 1.78. The van der Waals surface area contributed by atoms with Crippen LogP contribution in [0.5, 0.6) is 0 Å². The van der Waals surface area contributed by atoms with E-state index in [-0.39, 0.29) is 5.56 Å². The molecule has 1 aromatic heterocycles. The number of aryl methyl sites for hydroxylation is 1. The average molecular weight is 308 g/mol. The van der Waals surface area contributed by atoms with Gasteiger partial charge in [0.1, 0.15) is 11.9 Å². The highest BCUT2D eigenvalue weighted by Gasteiger charge is 2.12. The zero-order chi connectivity index (χ0) is 13.3. The van der Waals surface area contributed by atoms with Gasteiger partial charge < -0.3 is 0 Å². The molecule has 1 heterocycles. The SMILES string of the molecule is Cc1nn(Cc2cccc(C#N)c2F)c(C)c1Br. The predicted molar refractivity (Wildman–Crippen MR) is 69.6 cm³/mol. The van der Waals surface area contributed by atoms with Crippen LogP contribution in [0, 0.1) is 31.0 Å². The van der Waals surface area contributed by atoms with Gasteiger partial charge in [-0.05, 0) is 35.8 Å². The molecule has 0 unspecified atom stereocenters. The van der Waals surface area contributed by atoms with Crippen molar-refractivity contribution in [2.75, 3.05) is 0 Å². The fraction of sp³-hybridized carbons (Fsp3) is 0.231. The summed E-state index contributed by atoms with van der Waals surface area (Å²) in [6.07, 6.45) is 0. The van der Waals surface area contributed by atoms with Gasteiger partial charge in [-0.1, -0.05) is 12.1 Å². The molecule has 0 bridgehead atoms. The Morgan fingerprint density at radius 3 is 2.72 bits per heavy atom. The van der Waals surface area contributed by atoms with Crippen LogP contribution < -0.4 is 0 Å². The summed E-state index contributed by atoms with van der Waals surface area (Å²) in [5.74, 6) is -0.469. The Kier molecular flexibility index (Phi) is 3.48. The number of halogens is 2. The number of nitrogens with zero attached hydrogens (tertiary/aromatic N) is 3. The monoisotopic (exact) mass is 307 g/mol. The van der Waals surface area contributed by atoms with Crippen LogP contribution in [0.2, 0.25) is 0 Å². The first-order valence-electron chi connectivity index (χ1n) is 5.41. The molecule has 3 nitrogen and oxygen atoms in total. The third-order valence-corrected chi connectivity index (χ3v) is 3.96. The standard InChI is InChI=1S/C13H11BrFN3/c1-8-12(14)9(2)18(17-8)7-11-5-3-4-10(6-16)13(11)15/h3-5H,7H2,1-2H3. The summed E-state index contributed by atoms with van der Waals surface area (Å²) in [6, 6.07) is 6.65. The van der Waals surface area contributed by atoms with Crippen LogP contribution in [-0.2, 0) is 6.54 Å². The van der Waals surface area contributed by atoms with Crippen molar-refractivity contribution in [3.63, 3.8) is 0 Å². The molecule has 5 heteroatoms. The Bertz CT molecular complexity index is 640. The smallest absolute Gasteiger partial charge is 0.146 e. The Labute approximate surface area is 113 Å². The van der Waals surface area contributed by atoms with Crippen molar-refractivity contribution in [3.8, 4) is 6.07 Å². The minimum atomic E-state index is -0.469. The van der Waals surface area contributed by atoms with Crippen LogP contribution in [0.25, 0.3) is 0 Å². The number of aromatic nitrogens is 2. The Morgan fingerprint density at radius 2 is 2.17 bits per heavy atom. The summed E-state index contributed by atoms with van der Waals surface area (Å²) in [7, 11) is 0. The van der Waals surface area contributed by atoms with Crippen LogP contribution >= 0.6 is 15.9 Å². The van der Waals surface area contributed by atoms with Gasteiger partial charge >= 0.3 is 0 Å². The van der Waals surface area contributed by atoms with Gasteiger partial charge in [-0.2, -0.15) is 10.4 Å². The summed E-state index contributed by atoms with van der Waals surface area (Å²) < 4.78 is 16.6. The van der Waals surface area contributed by atoms with Gasteiger partial charge in [0.25, 0.3) is 0 Å². The van der Waals surface area contributed by atoms with Crippen LogP contribution in [0.15, 0.2) is 22.7 Å². The maximum absolute atomic E-state index is 13.9. The van der Waals surface area contributed by atoms with E-state index in [9.17, 15) is 4.39 Å². The van der Waals surface area contributed by atoms with Gasteiger partial charge in [-0.3, -0.25) is 4.68 Å². The molecule has 0 fully saturated rings. The highest BCUT2D eigenvalue weighted by atomic mass is 79.9. The second kappa shape index (κ2) is 4.91. The zero-order valence-corrected chi connectivity index (χ0v) is 11.6. The molecular formula is C13H11BrFN3. The minimum absolute atomic E-state index is 0.0631. The quantitative estimate of drug-likeness (QED) is 0.854. The molecule has 0 saturated heterocycles. The van der Waals surface area contributed by atoms with Crippen molar-refractivity contribution in [2.45, 2.75) is 20.4 Å². The molecule has 0 N–H and O–H groups in total. The second-order valence-electron chi connectivity index (χ2n) is 4.03. The number of nitriles is 1. The van der Waals surface area contributed by atoms with Gasteiger partial charge in [-0.25, -0.2) is 4.39 Å². The lowest BCUT2D eigenvalue weighted by atomic mass is 10.1. The molecule has 0 aliphatic rings. The Balaban J connectivity index is 2.41. The van der Waals surface area contributed by atoms with Gasteiger partial charge in [0.2, 0.25) is 0 Å². The Morgan fingerprint density at radius 1 is 1.44 bits per heavy atom. The number of hydrogen-bond acceptors (Lipinski definition) is 2. The second-order valence-corrected chi connectivity index (χ2v) is 4.83. The maximum atomic E-state index is 13.9. The normalized spacial score (nSPS) is 10.4. The molecule has 0 saturated carbocycles. The van der Waals surface area contributed by atoms with Crippen molar-refractivity contribution >= 4 is 15.9 Å². The van der Waals surface area contributed by atoms with Crippen LogP contribution in [0.4, 0.5) is 4.39 Å². The molecule has 2 aromatic rings. The van der Waals surface area contributed by atoms with Crippen LogP contribution in [0.3, 0.4) is 0 Å². The largest absolute Gasteiger partial charge is 0.264 e. The van der Waals surface area contributed by atoms with Crippen molar-refractivity contribution in [2.24, 2.45) is 0 Å².